The molecule has 1 N–H and O–H groups in total. The molecule has 0 heterocycles. The van der Waals surface area contributed by atoms with Gasteiger partial charge in [-0.25, -0.2) is 0 Å². The predicted molar refractivity (Wildman–Crippen MR) is 67.7 cm³/mol. The van der Waals surface area contributed by atoms with Crippen LogP contribution in [0.15, 0.2) is 24.3 Å². The van der Waals surface area contributed by atoms with E-state index in [2.05, 4.69) is 24.1 Å². The Balaban J connectivity index is 2.34. The van der Waals surface area contributed by atoms with Gasteiger partial charge in [0.2, 0.25) is 0 Å². The second kappa shape index (κ2) is 6.70. The first kappa shape index (κ1) is 12.3. The minimum absolute atomic E-state index is 0.789. The van der Waals surface area contributed by atoms with Gasteiger partial charge < -0.3 is 10.2 Å². The van der Waals surface area contributed by atoms with Crippen molar-refractivity contribution in [1.82, 2.24) is 4.90 Å². The van der Waals surface area contributed by atoms with Crippen LogP contribution in [-0.4, -0.2) is 31.1 Å². The van der Waals surface area contributed by atoms with E-state index in [0.717, 1.165) is 36.9 Å². The van der Waals surface area contributed by atoms with Gasteiger partial charge in [0.1, 0.15) is 0 Å². The third-order valence-corrected chi connectivity index (χ3v) is 2.84. The number of hydrogen-bond donors (Lipinski definition) is 1. The Morgan fingerprint density at radius 2 is 1.87 bits per heavy atom. The molecule has 15 heavy (non-hydrogen) atoms. The number of halogens is 1. The molecule has 0 aliphatic rings. The average molecular weight is 227 g/mol. The lowest BCUT2D eigenvalue weighted by atomic mass is 10.3. The number of nitrogens with zero attached hydrogens (tertiary/aromatic N) is 1. The van der Waals surface area contributed by atoms with Gasteiger partial charge in [-0.3, -0.25) is 0 Å². The Bertz CT molecular complexity index is 285. The van der Waals surface area contributed by atoms with E-state index in [-0.39, 0.29) is 0 Å². The van der Waals surface area contributed by atoms with Gasteiger partial charge in [0.25, 0.3) is 0 Å². The molecule has 0 aliphatic heterocycles. The van der Waals surface area contributed by atoms with Crippen molar-refractivity contribution in [2.24, 2.45) is 0 Å². The highest BCUT2D eigenvalue weighted by Gasteiger charge is 2.00. The number of likely N-dealkylation sites (N-methyl/N-ethyl adjacent to an activating group) is 1. The van der Waals surface area contributed by atoms with Crippen molar-refractivity contribution in [3.63, 3.8) is 0 Å². The molecule has 0 bridgehead atoms. The first-order valence-electron chi connectivity index (χ1n) is 5.48. The van der Waals surface area contributed by atoms with Crippen LogP contribution in [0.1, 0.15) is 13.8 Å². The van der Waals surface area contributed by atoms with Gasteiger partial charge in [0.15, 0.2) is 0 Å². The number of anilines is 1. The zero-order chi connectivity index (χ0) is 11.1. The Labute approximate surface area is 97.2 Å². The largest absolute Gasteiger partial charge is 0.383 e. The standard InChI is InChI=1S/C12H19ClN2/c1-3-15(4-2)10-9-14-12-8-6-5-7-11(12)13/h5-8,14H,3-4,9-10H2,1-2H3. The van der Waals surface area contributed by atoms with Gasteiger partial charge in [-0.2, -0.15) is 0 Å². The molecular weight excluding hydrogens is 208 g/mol. The zero-order valence-electron chi connectivity index (χ0n) is 9.46. The summed E-state index contributed by atoms with van der Waals surface area (Å²) >= 11 is 6.03. The van der Waals surface area contributed by atoms with Crippen molar-refractivity contribution in [2.75, 3.05) is 31.5 Å². The van der Waals surface area contributed by atoms with Gasteiger partial charge in [-0.1, -0.05) is 37.6 Å². The Morgan fingerprint density at radius 3 is 2.47 bits per heavy atom. The van der Waals surface area contributed by atoms with Crippen molar-refractivity contribution in [3.8, 4) is 0 Å². The number of para-hydroxylation sites is 1. The summed E-state index contributed by atoms with van der Waals surface area (Å²) in [7, 11) is 0. The average Bonchev–Trinajstić information content (AvgIpc) is 2.27. The first-order valence-corrected chi connectivity index (χ1v) is 5.86. The van der Waals surface area contributed by atoms with Crippen molar-refractivity contribution >= 4 is 17.3 Å². The lowest BCUT2D eigenvalue weighted by Gasteiger charge is -2.18. The fraction of sp³-hybridized carbons (Fsp3) is 0.500. The topological polar surface area (TPSA) is 15.3 Å². The Hall–Kier alpha value is -0.730. The van der Waals surface area contributed by atoms with Crippen LogP contribution in [0.25, 0.3) is 0 Å². The monoisotopic (exact) mass is 226 g/mol. The number of rotatable bonds is 6. The van der Waals surface area contributed by atoms with Gasteiger partial charge in [0, 0.05) is 13.1 Å². The fourth-order valence-corrected chi connectivity index (χ4v) is 1.70. The highest BCUT2D eigenvalue weighted by atomic mass is 35.5. The fourth-order valence-electron chi connectivity index (χ4n) is 1.49. The smallest absolute Gasteiger partial charge is 0.0637 e. The van der Waals surface area contributed by atoms with Crippen LogP contribution < -0.4 is 5.32 Å². The molecule has 1 rings (SSSR count). The Morgan fingerprint density at radius 1 is 1.20 bits per heavy atom. The summed E-state index contributed by atoms with van der Waals surface area (Å²) in [6.45, 7) is 8.54. The second-order valence-electron chi connectivity index (χ2n) is 3.43. The summed E-state index contributed by atoms with van der Waals surface area (Å²) in [5.41, 5.74) is 1.02. The molecular formula is C12H19ClN2. The van der Waals surface area contributed by atoms with Crippen molar-refractivity contribution in [1.29, 1.82) is 0 Å². The predicted octanol–water partition coefficient (Wildman–Crippen LogP) is 3.09. The van der Waals surface area contributed by atoms with E-state index < -0.39 is 0 Å². The maximum Gasteiger partial charge on any atom is 0.0637 e. The SMILES string of the molecule is CCN(CC)CCNc1ccccc1Cl. The molecule has 2 nitrogen and oxygen atoms in total. The Kier molecular flexibility index (Phi) is 5.51. The molecule has 0 fully saturated rings. The van der Waals surface area contributed by atoms with Crippen LogP contribution >= 0.6 is 11.6 Å². The maximum absolute atomic E-state index is 6.03. The van der Waals surface area contributed by atoms with Gasteiger partial charge in [-0.15, -0.1) is 0 Å². The second-order valence-corrected chi connectivity index (χ2v) is 3.84. The lowest BCUT2D eigenvalue weighted by Crippen LogP contribution is -2.28. The molecule has 0 radical (unpaired) electrons. The number of nitrogens with one attached hydrogen (secondary N) is 1. The number of benzene rings is 1. The van der Waals surface area contributed by atoms with E-state index in [1.165, 1.54) is 0 Å². The molecule has 3 heteroatoms. The minimum Gasteiger partial charge on any atom is -0.383 e. The van der Waals surface area contributed by atoms with Crippen LogP contribution in [0.3, 0.4) is 0 Å². The van der Waals surface area contributed by atoms with Gasteiger partial charge in [-0.05, 0) is 25.2 Å². The molecule has 84 valence electrons. The van der Waals surface area contributed by atoms with Crippen LogP contribution in [-0.2, 0) is 0 Å². The van der Waals surface area contributed by atoms with Crippen molar-refractivity contribution < 1.29 is 0 Å². The summed E-state index contributed by atoms with van der Waals surface area (Å²) in [4.78, 5) is 2.38. The highest BCUT2D eigenvalue weighted by molar-refractivity contribution is 6.33. The molecule has 0 unspecified atom stereocenters. The summed E-state index contributed by atoms with van der Waals surface area (Å²) in [6.07, 6.45) is 0. The third-order valence-electron chi connectivity index (χ3n) is 2.51. The van der Waals surface area contributed by atoms with E-state index in [9.17, 15) is 0 Å². The van der Waals surface area contributed by atoms with Gasteiger partial charge >= 0.3 is 0 Å². The van der Waals surface area contributed by atoms with E-state index in [0.29, 0.717) is 0 Å². The maximum atomic E-state index is 6.03. The van der Waals surface area contributed by atoms with Crippen molar-refractivity contribution in [2.45, 2.75) is 13.8 Å². The molecule has 0 amide bonds. The minimum atomic E-state index is 0.789. The normalized spacial score (nSPS) is 10.7. The lowest BCUT2D eigenvalue weighted by molar-refractivity contribution is 0.316. The van der Waals surface area contributed by atoms with E-state index in [1.54, 1.807) is 0 Å². The quantitative estimate of drug-likeness (QED) is 0.802. The summed E-state index contributed by atoms with van der Waals surface area (Å²) < 4.78 is 0. The molecule has 0 aromatic heterocycles. The van der Waals surface area contributed by atoms with Crippen LogP contribution in [0, 0.1) is 0 Å². The zero-order valence-corrected chi connectivity index (χ0v) is 10.2. The molecule has 1 aromatic carbocycles. The van der Waals surface area contributed by atoms with Crippen LogP contribution in [0.5, 0.6) is 0 Å². The molecule has 0 saturated carbocycles. The van der Waals surface area contributed by atoms with E-state index >= 15 is 0 Å². The first-order chi connectivity index (χ1) is 7.27. The summed E-state index contributed by atoms with van der Waals surface area (Å²) in [5.74, 6) is 0. The summed E-state index contributed by atoms with van der Waals surface area (Å²) in [5, 5.41) is 4.13. The molecule has 0 spiro atoms. The summed E-state index contributed by atoms with van der Waals surface area (Å²) in [6, 6.07) is 7.84. The van der Waals surface area contributed by atoms with E-state index in [4.69, 9.17) is 11.6 Å². The molecule has 0 aliphatic carbocycles. The van der Waals surface area contributed by atoms with E-state index in [1.807, 2.05) is 24.3 Å². The molecule has 0 atom stereocenters. The van der Waals surface area contributed by atoms with Crippen LogP contribution in [0.4, 0.5) is 5.69 Å². The van der Waals surface area contributed by atoms with Crippen molar-refractivity contribution in [3.05, 3.63) is 29.3 Å². The van der Waals surface area contributed by atoms with Gasteiger partial charge in [0.05, 0.1) is 10.7 Å². The van der Waals surface area contributed by atoms with Crippen LogP contribution in [0.2, 0.25) is 5.02 Å². The highest BCUT2D eigenvalue weighted by Crippen LogP contribution is 2.19. The number of hydrogen-bond acceptors (Lipinski definition) is 2. The third kappa shape index (κ3) is 4.10. The molecule has 0 saturated heterocycles. The molecule has 1 aromatic rings.